The van der Waals surface area contributed by atoms with Crippen molar-refractivity contribution < 1.29 is 4.79 Å². The van der Waals surface area contributed by atoms with Gasteiger partial charge in [0.15, 0.2) is 0 Å². The molecule has 2 nitrogen and oxygen atoms in total. The minimum absolute atomic E-state index is 0.0221. The molecule has 1 aliphatic carbocycles. The summed E-state index contributed by atoms with van der Waals surface area (Å²) in [5, 5.41) is 3.88. The van der Waals surface area contributed by atoms with Gasteiger partial charge in [-0.15, -0.1) is 0 Å². The first-order valence-electron chi connectivity index (χ1n) is 6.96. The average Bonchev–Trinajstić information content (AvgIpc) is 2.46. The van der Waals surface area contributed by atoms with Crippen LogP contribution in [0.5, 0.6) is 0 Å². The van der Waals surface area contributed by atoms with E-state index in [1.54, 1.807) is 0 Å². The first-order chi connectivity index (χ1) is 10.1. The van der Waals surface area contributed by atoms with Crippen molar-refractivity contribution in [3.8, 4) is 0 Å². The van der Waals surface area contributed by atoms with Crippen LogP contribution >= 0.6 is 27.5 Å². The summed E-state index contributed by atoms with van der Waals surface area (Å²) in [6.45, 7) is 0. The van der Waals surface area contributed by atoms with E-state index in [2.05, 4.69) is 21.2 Å². The Labute approximate surface area is 137 Å². The highest BCUT2D eigenvalue weighted by Crippen LogP contribution is 2.37. The van der Waals surface area contributed by atoms with E-state index < -0.39 is 0 Å². The third-order valence-corrected chi connectivity index (χ3v) is 4.95. The maximum atomic E-state index is 12.3. The number of hydrogen-bond donors (Lipinski definition) is 1. The number of carbonyl (C=O) groups is 1. The molecule has 4 heteroatoms. The third-order valence-electron chi connectivity index (χ3n) is 4.01. The Hall–Kier alpha value is -1.32. The Morgan fingerprint density at radius 1 is 1.10 bits per heavy atom. The van der Waals surface area contributed by atoms with Crippen molar-refractivity contribution in [3.63, 3.8) is 0 Å². The van der Waals surface area contributed by atoms with Crippen LogP contribution < -0.4 is 5.32 Å². The van der Waals surface area contributed by atoms with E-state index in [0.29, 0.717) is 11.5 Å². The monoisotopic (exact) mass is 363 g/mol. The Bertz CT molecular complexity index is 656. The Kier molecular flexibility index (Phi) is 4.32. The van der Waals surface area contributed by atoms with E-state index in [1.807, 2.05) is 48.5 Å². The van der Waals surface area contributed by atoms with Crippen molar-refractivity contribution in [3.05, 3.63) is 69.2 Å². The van der Waals surface area contributed by atoms with E-state index in [9.17, 15) is 4.79 Å². The summed E-state index contributed by atoms with van der Waals surface area (Å²) < 4.78 is 0.824. The predicted molar refractivity (Wildman–Crippen MR) is 88.8 cm³/mol. The van der Waals surface area contributed by atoms with Crippen LogP contribution in [-0.2, 0) is 0 Å². The minimum Gasteiger partial charge on any atom is -0.349 e. The Balaban J connectivity index is 1.70. The highest BCUT2D eigenvalue weighted by atomic mass is 79.9. The van der Waals surface area contributed by atoms with Crippen LogP contribution in [0.4, 0.5) is 0 Å². The van der Waals surface area contributed by atoms with Gasteiger partial charge >= 0.3 is 0 Å². The topological polar surface area (TPSA) is 29.1 Å². The molecule has 1 amide bonds. The highest BCUT2D eigenvalue weighted by Gasteiger charge is 2.33. The van der Waals surface area contributed by atoms with Gasteiger partial charge in [-0.3, -0.25) is 4.79 Å². The standard InChI is InChI=1S/C17H15BrClNO/c18-15-4-2-1-3-14(15)17(21)20-16-10-9-13(16)11-5-7-12(19)8-6-11/h1-8,13,16H,9-10H2,(H,20,21)/t13-,16-/m0/s1. The van der Waals surface area contributed by atoms with Crippen molar-refractivity contribution in [2.45, 2.75) is 24.8 Å². The van der Waals surface area contributed by atoms with Gasteiger partial charge in [-0.1, -0.05) is 35.9 Å². The van der Waals surface area contributed by atoms with Crippen molar-refractivity contribution in [1.82, 2.24) is 5.32 Å². The lowest BCUT2D eigenvalue weighted by molar-refractivity contribution is 0.0904. The molecule has 0 saturated heterocycles. The molecule has 0 aromatic heterocycles. The summed E-state index contributed by atoms with van der Waals surface area (Å²) in [6.07, 6.45) is 2.12. The van der Waals surface area contributed by atoms with E-state index in [4.69, 9.17) is 11.6 Å². The van der Waals surface area contributed by atoms with E-state index in [-0.39, 0.29) is 11.9 Å². The minimum atomic E-state index is -0.0221. The molecular weight excluding hydrogens is 350 g/mol. The number of amides is 1. The van der Waals surface area contributed by atoms with Crippen molar-refractivity contribution in [1.29, 1.82) is 0 Å². The van der Waals surface area contributed by atoms with E-state index in [0.717, 1.165) is 22.3 Å². The molecule has 1 fully saturated rings. The fraction of sp³-hybridized carbons (Fsp3) is 0.235. The van der Waals surface area contributed by atoms with Gasteiger partial charge in [0.1, 0.15) is 0 Å². The van der Waals surface area contributed by atoms with Crippen molar-refractivity contribution in [2.24, 2.45) is 0 Å². The van der Waals surface area contributed by atoms with Gasteiger partial charge in [0.25, 0.3) is 5.91 Å². The molecular formula is C17H15BrClNO. The molecule has 21 heavy (non-hydrogen) atoms. The zero-order chi connectivity index (χ0) is 14.8. The molecule has 0 heterocycles. The lowest BCUT2D eigenvalue weighted by atomic mass is 9.75. The molecule has 0 spiro atoms. The van der Waals surface area contributed by atoms with Crippen LogP contribution in [0.1, 0.15) is 34.7 Å². The van der Waals surface area contributed by atoms with Crippen LogP contribution in [0.2, 0.25) is 5.02 Å². The van der Waals surface area contributed by atoms with Gasteiger partial charge in [-0.05, 0) is 58.6 Å². The molecule has 1 N–H and O–H groups in total. The van der Waals surface area contributed by atoms with Crippen LogP contribution in [0.25, 0.3) is 0 Å². The number of rotatable bonds is 3. The first-order valence-corrected chi connectivity index (χ1v) is 8.13. The van der Waals surface area contributed by atoms with Gasteiger partial charge in [-0.25, -0.2) is 0 Å². The predicted octanol–water partition coefficient (Wildman–Crippen LogP) is 4.78. The molecule has 0 bridgehead atoms. The van der Waals surface area contributed by atoms with Gasteiger partial charge in [0, 0.05) is 21.5 Å². The summed E-state index contributed by atoms with van der Waals surface area (Å²) in [5.41, 5.74) is 1.92. The van der Waals surface area contributed by atoms with Crippen LogP contribution in [0.15, 0.2) is 53.0 Å². The lowest BCUT2D eigenvalue weighted by Gasteiger charge is -2.37. The highest BCUT2D eigenvalue weighted by molar-refractivity contribution is 9.10. The summed E-state index contributed by atoms with van der Waals surface area (Å²) in [5.74, 6) is 0.361. The Morgan fingerprint density at radius 3 is 2.43 bits per heavy atom. The fourth-order valence-corrected chi connectivity index (χ4v) is 3.26. The van der Waals surface area contributed by atoms with E-state index >= 15 is 0 Å². The first kappa shape index (κ1) is 14.6. The van der Waals surface area contributed by atoms with Gasteiger partial charge < -0.3 is 5.32 Å². The molecule has 0 aliphatic heterocycles. The zero-order valence-electron chi connectivity index (χ0n) is 11.4. The van der Waals surface area contributed by atoms with Crippen molar-refractivity contribution in [2.75, 3.05) is 0 Å². The molecule has 1 aliphatic rings. The summed E-state index contributed by atoms with van der Waals surface area (Å²) >= 11 is 9.34. The molecule has 0 radical (unpaired) electrons. The number of benzene rings is 2. The molecule has 1 saturated carbocycles. The maximum absolute atomic E-state index is 12.3. The van der Waals surface area contributed by atoms with Gasteiger partial charge in [0.2, 0.25) is 0 Å². The summed E-state index contributed by atoms with van der Waals surface area (Å²) in [7, 11) is 0. The molecule has 0 unspecified atom stereocenters. The number of halogens is 2. The smallest absolute Gasteiger partial charge is 0.252 e. The van der Waals surface area contributed by atoms with Gasteiger partial charge in [0.05, 0.1) is 5.56 Å². The second-order valence-corrected chi connectivity index (χ2v) is 6.59. The van der Waals surface area contributed by atoms with Crippen LogP contribution in [0, 0.1) is 0 Å². The van der Waals surface area contributed by atoms with Gasteiger partial charge in [-0.2, -0.15) is 0 Å². The number of nitrogens with one attached hydrogen (secondary N) is 1. The van der Waals surface area contributed by atoms with E-state index in [1.165, 1.54) is 5.56 Å². The third kappa shape index (κ3) is 3.14. The van der Waals surface area contributed by atoms with Crippen molar-refractivity contribution >= 4 is 33.4 Å². The molecule has 2 atom stereocenters. The molecule has 2 aromatic carbocycles. The lowest BCUT2D eigenvalue weighted by Crippen LogP contribution is -2.45. The molecule has 3 rings (SSSR count). The SMILES string of the molecule is O=C(N[C@H]1CC[C@H]1c1ccc(Cl)cc1)c1ccccc1Br. The normalized spacial score (nSPS) is 20.7. The average molecular weight is 365 g/mol. The molecule has 2 aromatic rings. The second-order valence-electron chi connectivity index (χ2n) is 5.30. The van der Waals surface area contributed by atoms with Crippen LogP contribution in [0.3, 0.4) is 0 Å². The summed E-state index contributed by atoms with van der Waals surface area (Å²) in [6, 6.07) is 15.6. The van der Waals surface area contributed by atoms with Crippen LogP contribution in [-0.4, -0.2) is 11.9 Å². The Morgan fingerprint density at radius 2 is 1.81 bits per heavy atom. The second kappa shape index (κ2) is 6.20. The fourth-order valence-electron chi connectivity index (χ4n) is 2.67. The maximum Gasteiger partial charge on any atom is 0.252 e. The zero-order valence-corrected chi connectivity index (χ0v) is 13.7. The number of hydrogen-bond acceptors (Lipinski definition) is 1. The number of carbonyl (C=O) groups excluding carboxylic acids is 1. The quantitative estimate of drug-likeness (QED) is 0.834. The largest absolute Gasteiger partial charge is 0.349 e. The summed E-state index contributed by atoms with van der Waals surface area (Å²) in [4.78, 5) is 12.3. The molecule has 108 valence electrons.